The second kappa shape index (κ2) is 13.7. The molecule has 1 fully saturated rings. The molecule has 0 unspecified atom stereocenters. The largest absolute Gasteiger partial charge is 0.481 e. The Bertz CT molecular complexity index is 1530. The molecule has 0 bridgehead atoms. The number of carboxylic acid groups (broad SMARTS) is 1. The minimum absolute atomic E-state index is 0.0153. The fraction of sp³-hybridized carbons (Fsp3) is 0.333. The van der Waals surface area contributed by atoms with E-state index in [1.165, 1.54) is 10.5 Å². The summed E-state index contributed by atoms with van der Waals surface area (Å²) in [4.78, 5) is 55.6. The molecule has 2 atom stereocenters. The number of aryl methyl sites for hydroxylation is 1. The number of aliphatic carboxylic acids is 1. The maximum absolute atomic E-state index is 13.9. The predicted octanol–water partition coefficient (Wildman–Crippen LogP) is 6.46. The minimum atomic E-state index is -1.18. The van der Waals surface area contributed by atoms with Crippen LogP contribution in [0.4, 0.5) is 4.79 Å². The van der Waals surface area contributed by atoms with Crippen molar-refractivity contribution in [1.29, 1.82) is 0 Å². The molecule has 1 heterocycles. The van der Waals surface area contributed by atoms with Crippen LogP contribution in [0.3, 0.4) is 0 Å². The van der Waals surface area contributed by atoms with E-state index >= 15 is 0 Å². The fourth-order valence-electron chi connectivity index (χ4n) is 5.44. The zero-order valence-electron chi connectivity index (χ0n) is 26.0. The number of imide groups is 1. The van der Waals surface area contributed by atoms with Gasteiger partial charge in [0.2, 0.25) is 5.91 Å². The molecular weight excluding hydrogens is 554 g/mol. The van der Waals surface area contributed by atoms with E-state index < -0.39 is 41.4 Å². The molecule has 2 N–H and O–H groups in total. The zero-order chi connectivity index (χ0) is 32.0. The SMILES string of the molecule is Cc1ccccc1/C=C/c1ccc(CN2C(=O)N([C@@H](CC(C)C)C(=O)N[C@H](CC(=O)O)c3ccccc3)C(=O)C2(C)C)cc1. The lowest BCUT2D eigenvalue weighted by Crippen LogP contribution is -2.52. The average Bonchev–Trinajstić information content (AvgIpc) is 3.14. The lowest BCUT2D eigenvalue weighted by atomic mass is 9.98. The highest BCUT2D eigenvalue weighted by Gasteiger charge is 2.54. The number of carboxylic acids is 1. The Labute approximate surface area is 259 Å². The van der Waals surface area contributed by atoms with E-state index in [0.717, 1.165) is 21.6 Å². The number of benzene rings is 3. The molecule has 1 aliphatic heterocycles. The topological polar surface area (TPSA) is 107 Å². The van der Waals surface area contributed by atoms with Crippen LogP contribution in [0.2, 0.25) is 0 Å². The van der Waals surface area contributed by atoms with Gasteiger partial charge in [0.25, 0.3) is 5.91 Å². The summed E-state index contributed by atoms with van der Waals surface area (Å²) in [6, 6.07) is 22.3. The van der Waals surface area contributed by atoms with E-state index in [1.807, 2.05) is 56.3 Å². The zero-order valence-corrected chi connectivity index (χ0v) is 26.0. The fourth-order valence-corrected chi connectivity index (χ4v) is 5.44. The van der Waals surface area contributed by atoms with Gasteiger partial charge in [-0.15, -0.1) is 0 Å². The monoisotopic (exact) mass is 595 g/mol. The lowest BCUT2D eigenvalue weighted by Gasteiger charge is -2.29. The summed E-state index contributed by atoms with van der Waals surface area (Å²) in [5.41, 5.74) is 3.62. The van der Waals surface area contributed by atoms with Crippen molar-refractivity contribution < 1.29 is 24.3 Å². The number of nitrogens with zero attached hydrogens (tertiary/aromatic N) is 2. The van der Waals surface area contributed by atoms with Gasteiger partial charge in [-0.25, -0.2) is 9.69 Å². The molecule has 8 heteroatoms. The smallest absolute Gasteiger partial charge is 0.328 e. The van der Waals surface area contributed by atoms with Crippen LogP contribution in [-0.2, 0) is 20.9 Å². The van der Waals surface area contributed by atoms with Crippen LogP contribution in [0.25, 0.3) is 12.2 Å². The van der Waals surface area contributed by atoms with Crippen molar-refractivity contribution in [3.05, 3.63) is 107 Å². The van der Waals surface area contributed by atoms with Gasteiger partial charge in [-0.1, -0.05) is 105 Å². The first-order chi connectivity index (χ1) is 20.9. The van der Waals surface area contributed by atoms with Crippen molar-refractivity contribution in [3.8, 4) is 0 Å². The quantitative estimate of drug-likeness (QED) is 0.185. The van der Waals surface area contributed by atoms with Crippen molar-refractivity contribution in [3.63, 3.8) is 0 Å². The maximum atomic E-state index is 13.9. The summed E-state index contributed by atoms with van der Waals surface area (Å²) in [6.45, 7) is 9.46. The Hall–Kier alpha value is -4.72. The number of rotatable bonds is 12. The van der Waals surface area contributed by atoms with Gasteiger partial charge in [-0.3, -0.25) is 14.4 Å². The second-order valence-electron chi connectivity index (χ2n) is 12.2. The van der Waals surface area contributed by atoms with Crippen LogP contribution in [0.5, 0.6) is 0 Å². The first-order valence-electron chi connectivity index (χ1n) is 14.9. The Morgan fingerprint density at radius 2 is 1.55 bits per heavy atom. The third-order valence-electron chi connectivity index (χ3n) is 8.02. The van der Waals surface area contributed by atoms with E-state index in [9.17, 15) is 24.3 Å². The van der Waals surface area contributed by atoms with Crippen LogP contribution in [0, 0.1) is 12.8 Å². The number of nitrogens with one attached hydrogen (secondary N) is 1. The van der Waals surface area contributed by atoms with Crippen LogP contribution in [0.15, 0.2) is 78.9 Å². The molecule has 44 heavy (non-hydrogen) atoms. The van der Waals surface area contributed by atoms with Gasteiger partial charge < -0.3 is 15.3 Å². The molecule has 0 spiro atoms. The molecular formula is C36H41N3O5. The average molecular weight is 596 g/mol. The standard InChI is InChI=1S/C36H41N3O5/c1-24(2)21-31(33(42)37-30(22-32(40)41)29-13-7-6-8-14-29)39-34(43)36(4,5)38(35(39)44)23-27-17-15-26(16-18-27)19-20-28-12-10-9-11-25(28)3/h6-20,24,30-31H,21-23H2,1-5H3,(H,37,42)(H,40,41)/b20-19+/t30-,31+/m1/s1. The van der Waals surface area contributed by atoms with Gasteiger partial charge in [-0.2, -0.15) is 0 Å². The Morgan fingerprint density at radius 1 is 0.909 bits per heavy atom. The van der Waals surface area contributed by atoms with E-state index in [-0.39, 0.29) is 25.3 Å². The third-order valence-corrected chi connectivity index (χ3v) is 8.02. The van der Waals surface area contributed by atoms with Crippen LogP contribution in [0.1, 0.15) is 74.4 Å². The molecule has 0 radical (unpaired) electrons. The minimum Gasteiger partial charge on any atom is -0.481 e. The van der Waals surface area contributed by atoms with E-state index in [4.69, 9.17) is 0 Å². The number of urea groups is 1. The third kappa shape index (κ3) is 7.43. The number of hydrogen-bond donors (Lipinski definition) is 2. The molecule has 4 amide bonds. The first-order valence-corrected chi connectivity index (χ1v) is 14.9. The maximum Gasteiger partial charge on any atom is 0.328 e. The molecule has 0 saturated carbocycles. The van der Waals surface area contributed by atoms with Gasteiger partial charge in [0, 0.05) is 6.54 Å². The van der Waals surface area contributed by atoms with Crippen LogP contribution < -0.4 is 5.32 Å². The normalized spacial score (nSPS) is 16.0. The van der Waals surface area contributed by atoms with E-state index in [2.05, 4.69) is 30.4 Å². The van der Waals surface area contributed by atoms with Crippen molar-refractivity contribution in [2.24, 2.45) is 5.92 Å². The molecule has 0 aliphatic carbocycles. The highest BCUT2D eigenvalue weighted by Crippen LogP contribution is 2.33. The van der Waals surface area contributed by atoms with Gasteiger partial charge in [0.15, 0.2) is 0 Å². The van der Waals surface area contributed by atoms with Crippen LogP contribution >= 0.6 is 0 Å². The summed E-state index contributed by atoms with van der Waals surface area (Å²) >= 11 is 0. The highest BCUT2D eigenvalue weighted by molar-refractivity contribution is 6.09. The molecule has 4 rings (SSSR count). The first kappa shape index (κ1) is 32.2. The predicted molar refractivity (Wildman–Crippen MR) is 171 cm³/mol. The summed E-state index contributed by atoms with van der Waals surface area (Å²) in [5, 5.41) is 12.3. The summed E-state index contributed by atoms with van der Waals surface area (Å²) < 4.78 is 0. The number of carbonyl (C=O) groups is 4. The van der Waals surface area contributed by atoms with Crippen molar-refractivity contribution in [2.75, 3.05) is 0 Å². The van der Waals surface area contributed by atoms with Gasteiger partial charge in [-0.05, 0) is 60.9 Å². The molecule has 0 aromatic heterocycles. The van der Waals surface area contributed by atoms with E-state index in [0.29, 0.717) is 5.56 Å². The number of hydrogen-bond acceptors (Lipinski definition) is 4. The van der Waals surface area contributed by atoms with Gasteiger partial charge in [0.05, 0.1) is 12.5 Å². The van der Waals surface area contributed by atoms with Crippen LogP contribution in [-0.4, -0.2) is 50.3 Å². The summed E-state index contributed by atoms with van der Waals surface area (Å²) in [7, 11) is 0. The summed E-state index contributed by atoms with van der Waals surface area (Å²) in [6.07, 6.45) is 4.00. The molecule has 1 aliphatic rings. The molecule has 1 saturated heterocycles. The Balaban J connectivity index is 1.54. The molecule has 230 valence electrons. The molecule has 3 aromatic rings. The Kier molecular flexibility index (Phi) is 10.0. The summed E-state index contributed by atoms with van der Waals surface area (Å²) in [5.74, 6) is -2.11. The Morgan fingerprint density at radius 3 is 2.16 bits per heavy atom. The highest BCUT2D eigenvalue weighted by atomic mass is 16.4. The molecule has 3 aromatic carbocycles. The number of amides is 4. The second-order valence-corrected chi connectivity index (χ2v) is 12.2. The van der Waals surface area contributed by atoms with E-state index in [1.54, 1.807) is 44.2 Å². The van der Waals surface area contributed by atoms with Crippen molar-refractivity contribution >= 4 is 36.0 Å². The van der Waals surface area contributed by atoms with Crippen molar-refractivity contribution in [2.45, 2.75) is 71.6 Å². The lowest BCUT2D eigenvalue weighted by molar-refractivity contribution is -0.140. The van der Waals surface area contributed by atoms with Gasteiger partial charge >= 0.3 is 12.0 Å². The van der Waals surface area contributed by atoms with Crippen molar-refractivity contribution in [1.82, 2.24) is 15.1 Å². The number of carbonyl (C=O) groups excluding carboxylic acids is 3. The van der Waals surface area contributed by atoms with Gasteiger partial charge in [0.1, 0.15) is 11.6 Å². The molecule has 8 nitrogen and oxygen atoms in total.